The van der Waals surface area contributed by atoms with Crippen LogP contribution in [0.3, 0.4) is 0 Å². The smallest absolute Gasteiger partial charge is 0.282 e. The van der Waals surface area contributed by atoms with Crippen LogP contribution in [0.2, 0.25) is 9.36 Å². The monoisotopic (exact) mass is 343 g/mol. The van der Waals surface area contributed by atoms with Gasteiger partial charge in [0, 0.05) is 10.7 Å². The van der Waals surface area contributed by atoms with Gasteiger partial charge in [-0.3, -0.25) is 4.79 Å². The zero-order valence-corrected chi connectivity index (χ0v) is 14.1. The molecule has 0 spiro atoms. The van der Waals surface area contributed by atoms with Crippen LogP contribution in [0.1, 0.15) is 11.8 Å². The molecule has 0 fully saturated rings. The fourth-order valence-electron chi connectivity index (χ4n) is 1.92. The molecule has 2 N–H and O–H groups in total. The molecular weight excluding hydrogens is 327 g/mol. The molecule has 1 amide bonds. The summed E-state index contributed by atoms with van der Waals surface area (Å²) in [5, 5.41) is 3.49. The number of rotatable bonds is 5. The summed E-state index contributed by atoms with van der Waals surface area (Å²) in [4.78, 5) is 14.5. The number of carbonyl (C=O) groups excluding carboxylic acids is 1. The van der Waals surface area contributed by atoms with Crippen LogP contribution in [0.4, 0.5) is 5.69 Å². The van der Waals surface area contributed by atoms with E-state index in [0.29, 0.717) is 10.7 Å². The van der Waals surface area contributed by atoms with E-state index >= 15 is 0 Å². The molecule has 0 saturated carbocycles. The van der Waals surface area contributed by atoms with Crippen LogP contribution in [0.5, 0.6) is 0 Å². The number of halogens is 2. The molecule has 0 aliphatic rings. The predicted octanol–water partition coefficient (Wildman–Crippen LogP) is 3.10. The molecule has 21 heavy (non-hydrogen) atoms. The largest absolute Gasteiger partial charge is 0.323 e. The van der Waals surface area contributed by atoms with Gasteiger partial charge in [0.15, 0.2) is 6.04 Å². The Morgan fingerprint density at radius 2 is 2.10 bits per heavy atom. The van der Waals surface area contributed by atoms with E-state index in [1.807, 2.05) is 38.2 Å². The highest BCUT2D eigenvalue weighted by Crippen LogP contribution is 2.20. The van der Waals surface area contributed by atoms with Gasteiger partial charge in [-0.1, -0.05) is 29.3 Å². The molecule has 1 heterocycles. The number of anilines is 1. The Hall–Kier alpha value is -1.07. The maximum atomic E-state index is 12.3. The van der Waals surface area contributed by atoms with Crippen molar-refractivity contribution in [2.24, 2.45) is 0 Å². The fraction of sp³-hybridized carbons (Fsp3) is 0.267. The average Bonchev–Trinajstić information content (AvgIpc) is 2.83. The zero-order chi connectivity index (χ0) is 15.4. The van der Waals surface area contributed by atoms with Gasteiger partial charge in [0.2, 0.25) is 0 Å². The van der Waals surface area contributed by atoms with Crippen LogP contribution in [0.25, 0.3) is 0 Å². The molecule has 2 rings (SSSR count). The van der Waals surface area contributed by atoms with Crippen LogP contribution < -0.4 is 10.2 Å². The summed E-state index contributed by atoms with van der Waals surface area (Å²) in [7, 11) is 2.00. The number of hydrogen-bond donors (Lipinski definition) is 2. The summed E-state index contributed by atoms with van der Waals surface area (Å²) in [6.07, 6.45) is 0. The van der Waals surface area contributed by atoms with Crippen molar-refractivity contribution < 1.29 is 9.69 Å². The van der Waals surface area contributed by atoms with Gasteiger partial charge in [0.25, 0.3) is 5.91 Å². The van der Waals surface area contributed by atoms with E-state index < -0.39 is 0 Å². The Morgan fingerprint density at radius 1 is 1.33 bits per heavy atom. The molecule has 2 atom stereocenters. The molecule has 3 nitrogen and oxygen atoms in total. The summed E-state index contributed by atoms with van der Waals surface area (Å²) in [5.41, 5.74) is 0.714. The highest BCUT2D eigenvalue weighted by molar-refractivity contribution is 7.16. The van der Waals surface area contributed by atoms with Crippen molar-refractivity contribution in [3.63, 3.8) is 0 Å². The van der Waals surface area contributed by atoms with Crippen LogP contribution in [-0.2, 0) is 11.3 Å². The second kappa shape index (κ2) is 7.27. The lowest BCUT2D eigenvalue weighted by Gasteiger charge is -2.20. The van der Waals surface area contributed by atoms with Crippen molar-refractivity contribution in [1.82, 2.24) is 0 Å². The number of thiophene rings is 1. The first-order valence-corrected chi connectivity index (χ1v) is 8.16. The maximum absolute atomic E-state index is 12.3. The van der Waals surface area contributed by atoms with Gasteiger partial charge in [0.1, 0.15) is 6.54 Å². The first-order valence-electron chi connectivity index (χ1n) is 6.58. The van der Waals surface area contributed by atoms with E-state index in [4.69, 9.17) is 23.2 Å². The topological polar surface area (TPSA) is 33.5 Å². The summed E-state index contributed by atoms with van der Waals surface area (Å²) in [5.74, 6) is -0.0302. The number of carbonyl (C=O) groups is 1. The molecule has 1 aromatic carbocycles. The summed E-state index contributed by atoms with van der Waals surface area (Å²) in [6.45, 7) is 2.67. The van der Waals surface area contributed by atoms with Gasteiger partial charge < -0.3 is 10.2 Å². The lowest BCUT2D eigenvalue weighted by molar-refractivity contribution is -0.907. The van der Waals surface area contributed by atoms with E-state index in [2.05, 4.69) is 5.32 Å². The van der Waals surface area contributed by atoms with Gasteiger partial charge in [-0.25, -0.2) is 0 Å². The van der Waals surface area contributed by atoms with E-state index in [1.165, 1.54) is 4.88 Å². The van der Waals surface area contributed by atoms with Crippen molar-refractivity contribution in [3.8, 4) is 0 Å². The summed E-state index contributed by atoms with van der Waals surface area (Å²) in [6, 6.07) is 10.9. The van der Waals surface area contributed by atoms with Crippen molar-refractivity contribution in [3.05, 3.63) is 50.6 Å². The minimum absolute atomic E-state index is 0.0302. The summed E-state index contributed by atoms with van der Waals surface area (Å²) >= 11 is 13.4. The van der Waals surface area contributed by atoms with E-state index in [1.54, 1.807) is 23.5 Å². The zero-order valence-electron chi connectivity index (χ0n) is 11.8. The molecule has 112 valence electrons. The molecule has 0 aliphatic carbocycles. The molecule has 6 heteroatoms. The predicted molar refractivity (Wildman–Crippen MR) is 89.5 cm³/mol. The third kappa shape index (κ3) is 4.71. The number of benzene rings is 1. The van der Waals surface area contributed by atoms with Gasteiger partial charge in [0.05, 0.1) is 16.3 Å². The average molecular weight is 344 g/mol. The van der Waals surface area contributed by atoms with Crippen LogP contribution in [-0.4, -0.2) is 19.0 Å². The molecule has 0 aliphatic heterocycles. The Bertz CT molecular complexity index is 630. The van der Waals surface area contributed by atoms with Gasteiger partial charge in [-0.15, -0.1) is 11.3 Å². The SMILES string of the molecule is C[C@H](C(=O)Nc1cccc(Cl)c1)[NH+](C)Cc1ccc(Cl)s1. The van der Waals surface area contributed by atoms with Crippen LogP contribution >= 0.6 is 34.5 Å². The first kappa shape index (κ1) is 16.3. The van der Waals surface area contributed by atoms with Crippen molar-refractivity contribution in [1.29, 1.82) is 0 Å². The number of likely N-dealkylation sites (N-methyl/N-ethyl adjacent to an activating group) is 1. The standard InChI is InChI=1S/C15H16Cl2N2OS/c1-10(19(2)9-13-6-7-14(17)21-13)15(20)18-12-5-3-4-11(16)8-12/h3-8,10H,9H2,1-2H3,(H,18,20)/p+1/t10-/m1/s1. The van der Waals surface area contributed by atoms with Gasteiger partial charge in [-0.05, 0) is 37.3 Å². The highest BCUT2D eigenvalue weighted by atomic mass is 35.5. The molecule has 0 saturated heterocycles. The number of quaternary nitrogens is 1. The lowest BCUT2D eigenvalue weighted by Crippen LogP contribution is -3.12. The number of nitrogens with one attached hydrogen (secondary N) is 2. The molecule has 2 aromatic rings. The van der Waals surface area contributed by atoms with Gasteiger partial charge in [-0.2, -0.15) is 0 Å². The Balaban J connectivity index is 1.95. The van der Waals surface area contributed by atoms with Crippen LogP contribution in [0.15, 0.2) is 36.4 Å². The minimum Gasteiger partial charge on any atom is -0.323 e. The molecule has 1 aromatic heterocycles. The fourth-order valence-corrected chi connectivity index (χ4v) is 3.29. The molecule has 0 radical (unpaired) electrons. The summed E-state index contributed by atoms with van der Waals surface area (Å²) < 4.78 is 0.772. The molecule has 0 bridgehead atoms. The van der Waals surface area contributed by atoms with Crippen molar-refractivity contribution >= 4 is 46.1 Å². The van der Waals surface area contributed by atoms with Crippen LogP contribution in [0, 0.1) is 0 Å². The normalized spacial score (nSPS) is 13.7. The molecule has 1 unspecified atom stereocenters. The van der Waals surface area contributed by atoms with Crippen molar-refractivity contribution in [2.75, 3.05) is 12.4 Å². The van der Waals surface area contributed by atoms with E-state index in [9.17, 15) is 4.79 Å². The van der Waals surface area contributed by atoms with E-state index in [0.717, 1.165) is 15.8 Å². The number of hydrogen-bond acceptors (Lipinski definition) is 2. The maximum Gasteiger partial charge on any atom is 0.282 e. The second-order valence-electron chi connectivity index (χ2n) is 4.95. The Labute approximate surface area is 138 Å². The quantitative estimate of drug-likeness (QED) is 0.859. The third-order valence-corrected chi connectivity index (χ3v) is 4.77. The van der Waals surface area contributed by atoms with E-state index in [-0.39, 0.29) is 11.9 Å². The Morgan fingerprint density at radius 3 is 2.71 bits per heavy atom. The highest BCUT2D eigenvalue weighted by Gasteiger charge is 2.22. The lowest BCUT2D eigenvalue weighted by atomic mass is 10.2. The third-order valence-electron chi connectivity index (χ3n) is 3.31. The molecular formula is C15H17Cl2N2OS+. The first-order chi connectivity index (χ1) is 9.95. The number of amides is 1. The minimum atomic E-state index is -0.176. The second-order valence-corrected chi connectivity index (χ2v) is 7.19. The van der Waals surface area contributed by atoms with Crippen molar-refractivity contribution in [2.45, 2.75) is 19.5 Å². The van der Waals surface area contributed by atoms with Gasteiger partial charge >= 0.3 is 0 Å². The Kier molecular flexibility index (Phi) is 5.65.